The lowest BCUT2D eigenvalue weighted by atomic mass is 10.2. The van der Waals surface area contributed by atoms with E-state index in [0.29, 0.717) is 6.04 Å². The van der Waals surface area contributed by atoms with Gasteiger partial charge in [0.15, 0.2) is 5.13 Å². The summed E-state index contributed by atoms with van der Waals surface area (Å²) in [6, 6.07) is 0.559. The molecule has 0 aromatic carbocycles. The van der Waals surface area contributed by atoms with Crippen LogP contribution in [0.5, 0.6) is 0 Å². The predicted octanol–water partition coefficient (Wildman–Crippen LogP) is 2.10. The third kappa shape index (κ3) is 2.69. The Labute approximate surface area is 90.2 Å². The van der Waals surface area contributed by atoms with E-state index < -0.39 is 0 Å². The summed E-state index contributed by atoms with van der Waals surface area (Å²) in [5.41, 5.74) is 1.13. The van der Waals surface area contributed by atoms with E-state index in [4.69, 9.17) is 0 Å². The van der Waals surface area contributed by atoms with Crippen molar-refractivity contribution < 1.29 is 0 Å². The van der Waals surface area contributed by atoms with Crippen LogP contribution in [-0.4, -0.2) is 25.1 Å². The molecule has 1 unspecified atom stereocenters. The monoisotopic (exact) mass is 213 g/mol. The first-order valence-electron chi connectivity index (χ1n) is 5.00. The third-order valence-electron chi connectivity index (χ3n) is 2.45. The minimum atomic E-state index is 0.559. The molecule has 1 atom stereocenters. The van der Waals surface area contributed by atoms with Crippen molar-refractivity contribution in [3.05, 3.63) is 11.1 Å². The summed E-state index contributed by atoms with van der Waals surface area (Å²) in [6.07, 6.45) is 1.15. The Morgan fingerprint density at radius 3 is 2.93 bits per heavy atom. The highest BCUT2D eigenvalue weighted by Gasteiger charge is 2.11. The van der Waals surface area contributed by atoms with Gasteiger partial charge in [0.2, 0.25) is 0 Å². The van der Waals surface area contributed by atoms with E-state index >= 15 is 0 Å². The van der Waals surface area contributed by atoms with Crippen molar-refractivity contribution in [1.29, 1.82) is 0 Å². The molecule has 0 aliphatic carbocycles. The summed E-state index contributed by atoms with van der Waals surface area (Å²) in [7, 11) is 4.05. The van der Waals surface area contributed by atoms with Gasteiger partial charge in [-0.05, 0) is 20.4 Å². The molecule has 0 spiro atoms. The lowest BCUT2D eigenvalue weighted by Gasteiger charge is -2.22. The Morgan fingerprint density at radius 1 is 1.64 bits per heavy atom. The van der Waals surface area contributed by atoms with Crippen LogP contribution in [0.4, 0.5) is 5.13 Å². The van der Waals surface area contributed by atoms with Crippen molar-refractivity contribution in [3.63, 3.8) is 0 Å². The number of rotatable bonds is 5. The molecule has 0 fully saturated rings. The molecule has 4 heteroatoms. The number of thiazole rings is 1. The molecule has 0 saturated heterocycles. The van der Waals surface area contributed by atoms with Gasteiger partial charge >= 0.3 is 0 Å². The van der Waals surface area contributed by atoms with Crippen LogP contribution in [0.25, 0.3) is 0 Å². The Balaban J connectivity index is 2.65. The van der Waals surface area contributed by atoms with Crippen LogP contribution in [-0.2, 0) is 6.54 Å². The first kappa shape index (κ1) is 11.5. The van der Waals surface area contributed by atoms with Crippen LogP contribution in [0, 0.1) is 0 Å². The molecule has 1 heterocycles. The molecule has 1 N–H and O–H groups in total. The Morgan fingerprint density at radius 2 is 2.36 bits per heavy atom. The van der Waals surface area contributed by atoms with Crippen molar-refractivity contribution in [2.45, 2.75) is 32.9 Å². The van der Waals surface area contributed by atoms with Gasteiger partial charge < -0.3 is 10.2 Å². The van der Waals surface area contributed by atoms with Crippen molar-refractivity contribution in [1.82, 2.24) is 10.3 Å². The normalized spacial score (nSPS) is 12.9. The van der Waals surface area contributed by atoms with Gasteiger partial charge in [0.05, 0.1) is 5.69 Å². The van der Waals surface area contributed by atoms with Crippen molar-refractivity contribution in [2.24, 2.45) is 0 Å². The fourth-order valence-electron chi connectivity index (χ4n) is 1.18. The molecule has 1 aromatic heterocycles. The molecule has 1 rings (SSSR count). The zero-order valence-electron chi connectivity index (χ0n) is 9.37. The largest absolute Gasteiger partial charge is 0.348 e. The van der Waals surface area contributed by atoms with Crippen LogP contribution in [0.2, 0.25) is 0 Å². The molecule has 0 bridgehead atoms. The molecule has 0 radical (unpaired) electrons. The molecule has 1 aromatic rings. The van der Waals surface area contributed by atoms with Gasteiger partial charge in [0.1, 0.15) is 0 Å². The summed E-state index contributed by atoms with van der Waals surface area (Å²) in [5.74, 6) is 0. The van der Waals surface area contributed by atoms with Crippen LogP contribution in [0.1, 0.15) is 26.0 Å². The van der Waals surface area contributed by atoms with Crippen LogP contribution in [0.15, 0.2) is 5.38 Å². The number of hydrogen-bond acceptors (Lipinski definition) is 4. The first-order valence-corrected chi connectivity index (χ1v) is 5.88. The Hall–Kier alpha value is -0.610. The molecule has 3 nitrogen and oxygen atoms in total. The zero-order chi connectivity index (χ0) is 10.6. The highest BCUT2D eigenvalue weighted by Crippen LogP contribution is 2.21. The molecule has 0 aliphatic rings. The van der Waals surface area contributed by atoms with Gasteiger partial charge in [-0.1, -0.05) is 6.92 Å². The zero-order valence-corrected chi connectivity index (χ0v) is 10.2. The molecular weight excluding hydrogens is 194 g/mol. The summed E-state index contributed by atoms with van der Waals surface area (Å²) in [6.45, 7) is 5.27. The van der Waals surface area contributed by atoms with Crippen molar-refractivity contribution >= 4 is 16.5 Å². The maximum absolute atomic E-state index is 4.55. The van der Waals surface area contributed by atoms with Gasteiger partial charge in [-0.15, -0.1) is 11.3 Å². The average Bonchev–Trinajstić information content (AvgIpc) is 2.64. The fourth-order valence-corrected chi connectivity index (χ4v) is 2.08. The Bertz CT molecular complexity index is 272. The second-order valence-electron chi connectivity index (χ2n) is 3.52. The molecule has 14 heavy (non-hydrogen) atoms. The van der Waals surface area contributed by atoms with E-state index in [1.165, 1.54) is 0 Å². The predicted molar refractivity (Wildman–Crippen MR) is 63.0 cm³/mol. The number of nitrogens with zero attached hydrogens (tertiary/aromatic N) is 2. The topological polar surface area (TPSA) is 28.2 Å². The minimum Gasteiger partial charge on any atom is -0.348 e. The SMILES string of the molecule is CCC(C)N(C)c1nc(CNC)cs1. The maximum Gasteiger partial charge on any atom is 0.185 e. The van der Waals surface area contributed by atoms with E-state index in [-0.39, 0.29) is 0 Å². The number of hydrogen-bond donors (Lipinski definition) is 1. The summed E-state index contributed by atoms with van der Waals surface area (Å²) in [5, 5.41) is 6.34. The molecule has 80 valence electrons. The van der Waals surface area contributed by atoms with Crippen molar-refractivity contribution in [2.75, 3.05) is 19.0 Å². The number of nitrogens with one attached hydrogen (secondary N) is 1. The first-order chi connectivity index (χ1) is 6.69. The molecule has 0 aliphatic heterocycles. The third-order valence-corrected chi connectivity index (χ3v) is 3.43. The van der Waals surface area contributed by atoms with E-state index in [9.17, 15) is 0 Å². The van der Waals surface area contributed by atoms with Gasteiger partial charge in [-0.3, -0.25) is 0 Å². The number of aromatic nitrogens is 1. The minimum absolute atomic E-state index is 0.559. The quantitative estimate of drug-likeness (QED) is 0.812. The highest BCUT2D eigenvalue weighted by molar-refractivity contribution is 7.13. The van der Waals surface area contributed by atoms with E-state index in [2.05, 4.69) is 41.5 Å². The standard InChI is InChI=1S/C10H19N3S/c1-5-8(2)13(4)10-12-9(6-11-3)7-14-10/h7-8,11H,5-6H2,1-4H3. The molecular formula is C10H19N3S. The Kier molecular flexibility index (Phi) is 4.35. The molecule has 0 amide bonds. The van der Waals surface area contributed by atoms with E-state index in [1.807, 2.05) is 7.05 Å². The van der Waals surface area contributed by atoms with Crippen molar-refractivity contribution in [3.8, 4) is 0 Å². The summed E-state index contributed by atoms with van der Waals surface area (Å²) in [4.78, 5) is 6.79. The van der Waals surface area contributed by atoms with Gasteiger partial charge in [-0.2, -0.15) is 0 Å². The molecule has 0 saturated carbocycles. The maximum atomic E-state index is 4.55. The number of anilines is 1. The van der Waals surface area contributed by atoms with E-state index in [0.717, 1.165) is 23.8 Å². The lowest BCUT2D eigenvalue weighted by Crippen LogP contribution is -2.27. The lowest BCUT2D eigenvalue weighted by molar-refractivity contribution is 0.660. The van der Waals surface area contributed by atoms with Crippen LogP contribution >= 0.6 is 11.3 Å². The van der Waals surface area contributed by atoms with Gasteiger partial charge in [0.25, 0.3) is 0 Å². The summed E-state index contributed by atoms with van der Waals surface area (Å²) >= 11 is 1.72. The second kappa shape index (κ2) is 5.32. The highest BCUT2D eigenvalue weighted by atomic mass is 32.1. The average molecular weight is 213 g/mol. The van der Waals surface area contributed by atoms with Gasteiger partial charge in [0, 0.05) is 25.0 Å². The fraction of sp³-hybridized carbons (Fsp3) is 0.700. The second-order valence-corrected chi connectivity index (χ2v) is 4.36. The van der Waals surface area contributed by atoms with Gasteiger partial charge in [-0.25, -0.2) is 4.98 Å². The van der Waals surface area contributed by atoms with E-state index in [1.54, 1.807) is 11.3 Å². The van der Waals surface area contributed by atoms with Crippen LogP contribution in [0.3, 0.4) is 0 Å². The smallest absolute Gasteiger partial charge is 0.185 e. The summed E-state index contributed by atoms with van der Waals surface area (Å²) < 4.78 is 0. The van der Waals surface area contributed by atoms with Crippen LogP contribution < -0.4 is 10.2 Å².